The van der Waals surface area contributed by atoms with Crippen LogP contribution in [0.1, 0.15) is 40.7 Å². The van der Waals surface area contributed by atoms with Crippen molar-refractivity contribution in [2.45, 2.75) is 48.3 Å². The maximum Gasteiger partial charge on any atom is 0.207 e. The molecular formula is C20H38INO3. The zero-order valence-electron chi connectivity index (χ0n) is 15.9. The van der Waals surface area contributed by atoms with Crippen molar-refractivity contribution in [2.75, 3.05) is 46.0 Å². The van der Waals surface area contributed by atoms with Crippen LogP contribution in [0.4, 0.5) is 0 Å². The molecule has 0 spiro atoms. The Morgan fingerprint density at radius 2 is 1.60 bits per heavy atom. The maximum absolute atomic E-state index is 5.95. The Bertz CT molecular complexity index is 433. The molecule has 5 heteroatoms. The molecular weight excluding hydrogens is 429 g/mol. The summed E-state index contributed by atoms with van der Waals surface area (Å²) >= 11 is 0. The Balaban J connectivity index is 0. The molecule has 4 nitrogen and oxygen atoms in total. The van der Waals surface area contributed by atoms with E-state index in [0.29, 0.717) is 19.8 Å². The molecule has 0 aliphatic heterocycles. The summed E-state index contributed by atoms with van der Waals surface area (Å²) in [6.07, 6.45) is -0.135. The fraction of sp³-hybridized carbons (Fsp3) is 0.700. The molecule has 0 aliphatic carbocycles. The molecule has 0 saturated heterocycles. The predicted molar refractivity (Wildman–Crippen MR) is 102 cm³/mol. The maximum atomic E-state index is 5.95. The van der Waals surface area contributed by atoms with E-state index >= 15 is 0 Å². The van der Waals surface area contributed by atoms with Crippen molar-refractivity contribution in [3.05, 3.63) is 29.8 Å². The highest BCUT2D eigenvalue weighted by atomic mass is 127. The monoisotopic (exact) mass is 467 g/mol. The molecule has 1 rings (SSSR count). The van der Waals surface area contributed by atoms with Crippen molar-refractivity contribution in [1.82, 2.24) is 0 Å². The van der Waals surface area contributed by atoms with Crippen molar-refractivity contribution < 1.29 is 42.7 Å². The average Bonchev–Trinajstić information content (AvgIpc) is 2.54. The van der Waals surface area contributed by atoms with Crippen molar-refractivity contribution in [3.8, 4) is 5.75 Å². The van der Waals surface area contributed by atoms with Crippen LogP contribution in [0.25, 0.3) is 0 Å². The summed E-state index contributed by atoms with van der Waals surface area (Å²) in [6, 6.07) is 8.21. The number of rotatable bonds is 12. The Labute approximate surface area is 172 Å². The van der Waals surface area contributed by atoms with Gasteiger partial charge in [-0.3, -0.25) is 0 Å². The second kappa shape index (κ2) is 14.8. The minimum Gasteiger partial charge on any atom is -1.00 e. The number of ether oxygens (including phenoxy) is 3. The van der Waals surface area contributed by atoms with Gasteiger partial charge in [0.2, 0.25) is 6.29 Å². The van der Waals surface area contributed by atoms with Crippen molar-refractivity contribution in [3.63, 3.8) is 0 Å². The van der Waals surface area contributed by atoms with Gasteiger partial charge in [0.15, 0.2) is 0 Å². The van der Waals surface area contributed by atoms with E-state index in [9.17, 15) is 0 Å². The molecule has 0 heterocycles. The van der Waals surface area contributed by atoms with Gasteiger partial charge >= 0.3 is 0 Å². The lowest BCUT2D eigenvalue weighted by Crippen LogP contribution is -3.00. The molecule has 148 valence electrons. The fourth-order valence-corrected chi connectivity index (χ4v) is 2.79. The highest BCUT2D eigenvalue weighted by molar-refractivity contribution is 5.27. The van der Waals surface area contributed by atoms with E-state index in [1.54, 1.807) is 0 Å². The fourth-order valence-electron chi connectivity index (χ4n) is 2.79. The van der Waals surface area contributed by atoms with E-state index in [1.165, 1.54) is 5.56 Å². The van der Waals surface area contributed by atoms with Crippen LogP contribution in [0.3, 0.4) is 0 Å². The van der Waals surface area contributed by atoms with E-state index in [4.69, 9.17) is 14.2 Å². The molecule has 0 amide bonds. The van der Waals surface area contributed by atoms with Gasteiger partial charge in [-0.25, -0.2) is 0 Å². The number of nitrogens with zero attached hydrogens (tertiary/aromatic N) is 1. The van der Waals surface area contributed by atoms with Gasteiger partial charge in [-0.05, 0) is 52.3 Å². The molecule has 25 heavy (non-hydrogen) atoms. The molecule has 0 bridgehead atoms. The van der Waals surface area contributed by atoms with Crippen LogP contribution in [0, 0.1) is 6.92 Å². The lowest BCUT2D eigenvalue weighted by atomic mass is 10.2. The summed E-state index contributed by atoms with van der Waals surface area (Å²) in [7, 11) is 0. The first kappa shape index (κ1) is 26.9. The average molecular weight is 467 g/mol. The molecule has 0 saturated carbocycles. The summed E-state index contributed by atoms with van der Waals surface area (Å²) in [4.78, 5) is 0. The van der Waals surface area contributed by atoms with Crippen molar-refractivity contribution >= 4 is 0 Å². The predicted octanol–water partition coefficient (Wildman–Crippen LogP) is 1.27. The minimum atomic E-state index is -0.135. The Kier molecular flexibility index (Phi) is 15.9. The smallest absolute Gasteiger partial charge is 0.207 e. The van der Waals surface area contributed by atoms with Gasteiger partial charge in [-0.1, -0.05) is 19.6 Å². The third kappa shape index (κ3) is 9.78. The van der Waals surface area contributed by atoms with Gasteiger partial charge in [0.1, 0.15) is 25.4 Å². The van der Waals surface area contributed by atoms with Gasteiger partial charge in [-0.2, -0.15) is 0 Å². The molecule has 0 aliphatic rings. The summed E-state index contributed by atoms with van der Waals surface area (Å²) in [6.45, 7) is 16.5. The van der Waals surface area contributed by atoms with E-state index in [1.807, 2.05) is 26.0 Å². The SMILES string of the molecule is C.CCOC(C[N+](CC)(CC)CCOc1cccc(C)c1)OCC.[I-]. The van der Waals surface area contributed by atoms with E-state index in [0.717, 1.165) is 36.4 Å². The van der Waals surface area contributed by atoms with E-state index in [-0.39, 0.29) is 37.7 Å². The largest absolute Gasteiger partial charge is 1.00 e. The van der Waals surface area contributed by atoms with Gasteiger partial charge < -0.3 is 42.7 Å². The number of benzene rings is 1. The third-order valence-corrected chi connectivity index (χ3v) is 4.41. The lowest BCUT2D eigenvalue weighted by Gasteiger charge is -2.38. The van der Waals surface area contributed by atoms with Crippen LogP contribution in [0.15, 0.2) is 24.3 Å². The number of hydrogen-bond donors (Lipinski definition) is 0. The standard InChI is InChI=1S/C19H34NO3.CH4.HI/c1-6-20(7-2,16-19(21-8-3)22-9-4)13-14-23-18-12-10-11-17(5)15-18;;/h10-12,15,19H,6-9,13-14,16H2,1-5H3;1H4;1H/q+1;;/p-1. The topological polar surface area (TPSA) is 27.7 Å². The van der Waals surface area contributed by atoms with Crippen molar-refractivity contribution in [1.29, 1.82) is 0 Å². The summed E-state index contributed by atoms with van der Waals surface area (Å²) < 4.78 is 18.4. The molecule has 1 aromatic rings. The Hall–Kier alpha value is -0.370. The normalized spacial score (nSPS) is 11.0. The summed E-state index contributed by atoms with van der Waals surface area (Å²) in [5.74, 6) is 0.946. The van der Waals surface area contributed by atoms with E-state index < -0.39 is 0 Å². The Morgan fingerprint density at radius 1 is 1.00 bits per heavy atom. The lowest BCUT2D eigenvalue weighted by molar-refractivity contribution is -0.930. The molecule has 0 unspecified atom stereocenters. The van der Waals surface area contributed by atoms with Crippen LogP contribution in [-0.4, -0.2) is 56.8 Å². The molecule has 0 N–H and O–H groups in total. The zero-order valence-corrected chi connectivity index (χ0v) is 18.0. The van der Waals surface area contributed by atoms with Crippen molar-refractivity contribution in [2.24, 2.45) is 0 Å². The summed E-state index contributed by atoms with van der Waals surface area (Å²) in [5.41, 5.74) is 1.22. The first-order valence-corrected chi connectivity index (χ1v) is 8.86. The Morgan fingerprint density at radius 3 is 2.08 bits per heavy atom. The number of likely N-dealkylation sites (N-methyl/N-ethyl adjacent to an activating group) is 1. The molecule has 0 fully saturated rings. The van der Waals surface area contributed by atoms with Gasteiger partial charge in [0, 0.05) is 13.2 Å². The van der Waals surface area contributed by atoms with Crippen LogP contribution in [-0.2, 0) is 9.47 Å². The van der Waals surface area contributed by atoms with Crippen LogP contribution in [0.5, 0.6) is 5.75 Å². The number of quaternary nitrogens is 1. The molecule has 0 radical (unpaired) electrons. The van der Waals surface area contributed by atoms with Gasteiger partial charge in [0.25, 0.3) is 0 Å². The van der Waals surface area contributed by atoms with Gasteiger partial charge in [-0.15, -0.1) is 0 Å². The second-order valence-electron chi connectivity index (χ2n) is 5.89. The van der Waals surface area contributed by atoms with Crippen LogP contribution in [0.2, 0.25) is 0 Å². The van der Waals surface area contributed by atoms with Crippen LogP contribution < -0.4 is 28.7 Å². The zero-order chi connectivity index (χ0) is 17.1. The minimum absolute atomic E-state index is 0. The second-order valence-corrected chi connectivity index (χ2v) is 5.89. The van der Waals surface area contributed by atoms with Crippen LogP contribution >= 0.6 is 0 Å². The number of aryl methyl sites for hydroxylation is 1. The number of halogens is 1. The first-order valence-electron chi connectivity index (χ1n) is 8.86. The highest BCUT2D eigenvalue weighted by Gasteiger charge is 2.28. The quantitative estimate of drug-likeness (QED) is 0.263. The molecule has 0 aromatic heterocycles. The highest BCUT2D eigenvalue weighted by Crippen LogP contribution is 2.15. The summed E-state index contributed by atoms with van der Waals surface area (Å²) in [5, 5.41) is 0. The number of hydrogen-bond acceptors (Lipinski definition) is 3. The van der Waals surface area contributed by atoms with E-state index in [2.05, 4.69) is 32.9 Å². The third-order valence-electron chi connectivity index (χ3n) is 4.41. The first-order chi connectivity index (χ1) is 11.1. The molecule has 1 aromatic carbocycles. The molecule has 0 atom stereocenters. The van der Waals surface area contributed by atoms with Gasteiger partial charge in [0.05, 0.1) is 13.1 Å².